The largest absolute Gasteiger partial charge is 0.336 e. The van der Waals surface area contributed by atoms with E-state index < -0.39 is 0 Å². The average molecular weight is 352 g/mol. The standard InChI is InChI=1S/C20H24N4O2/c1-5-21-11-14-7-6-8-15(9-14)22-19(25)16-10-17(12(2)3)23-20-18(16)13(4)24-26-20/h6-10,12,21H,5,11H2,1-4H3,(H,22,25). The van der Waals surface area contributed by atoms with E-state index in [9.17, 15) is 4.79 Å². The van der Waals surface area contributed by atoms with Crippen LogP contribution in [0.5, 0.6) is 0 Å². The molecule has 0 saturated heterocycles. The first-order valence-corrected chi connectivity index (χ1v) is 8.87. The lowest BCUT2D eigenvalue weighted by Crippen LogP contribution is -2.15. The Kier molecular flexibility index (Phi) is 5.32. The minimum absolute atomic E-state index is 0.180. The number of aromatic nitrogens is 2. The molecule has 2 heterocycles. The summed E-state index contributed by atoms with van der Waals surface area (Å²) in [5.74, 6) is -0.00833. The molecule has 136 valence electrons. The van der Waals surface area contributed by atoms with E-state index in [0.717, 1.165) is 30.0 Å². The van der Waals surface area contributed by atoms with Gasteiger partial charge in [-0.25, -0.2) is 4.98 Å². The first kappa shape index (κ1) is 18.1. The lowest BCUT2D eigenvalue weighted by atomic mass is 10.0. The van der Waals surface area contributed by atoms with Crippen molar-refractivity contribution in [2.45, 2.75) is 40.2 Å². The van der Waals surface area contributed by atoms with Gasteiger partial charge in [0.1, 0.15) is 0 Å². The predicted octanol–water partition coefficient (Wildman–Crippen LogP) is 4.02. The maximum Gasteiger partial charge on any atom is 0.259 e. The summed E-state index contributed by atoms with van der Waals surface area (Å²) in [6.45, 7) is 9.61. The molecule has 2 N–H and O–H groups in total. The number of nitrogens with zero attached hydrogens (tertiary/aromatic N) is 2. The molecule has 0 aliphatic carbocycles. The van der Waals surface area contributed by atoms with Gasteiger partial charge >= 0.3 is 0 Å². The Morgan fingerprint density at radius 1 is 1.27 bits per heavy atom. The summed E-state index contributed by atoms with van der Waals surface area (Å²) in [7, 11) is 0. The Balaban J connectivity index is 1.93. The molecule has 6 nitrogen and oxygen atoms in total. The van der Waals surface area contributed by atoms with Crippen molar-refractivity contribution >= 4 is 22.7 Å². The summed E-state index contributed by atoms with van der Waals surface area (Å²) < 4.78 is 5.29. The monoisotopic (exact) mass is 352 g/mol. The van der Waals surface area contributed by atoms with Crippen molar-refractivity contribution < 1.29 is 9.32 Å². The fourth-order valence-electron chi connectivity index (χ4n) is 2.82. The van der Waals surface area contributed by atoms with E-state index in [-0.39, 0.29) is 11.8 Å². The molecule has 2 aromatic heterocycles. The molecule has 0 aliphatic rings. The molecular weight excluding hydrogens is 328 g/mol. The van der Waals surface area contributed by atoms with E-state index in [2.05, 4.69) is 27.7 Å². The Bertz CT molecular complexity index is 931. The number of anilines is 1. The Morgan fingerprint density at radius 3 is 2.81 bits per heavy atom. The molecule has 0 radical (unpaired) electrons. The summed E-state index contributed by atoms with van der Waals surface area (Å²) >= 11 is 0. The fourth-order valence-corrected chi connectivity index (χ4v) is 2.82. The topological polar surface area (TPSA) is 80.0 Å². The molecule has 3 aromatic rings. The van der Waals surface area contributed by atoms with Crippen LogP contribution in [0.2, 0.25) is 0 Å². The highest BCUT2D eigenvalue weighted by Crippen LogP contribution is 2.26. The summed E-state index contributed by atoms with van der Waals surface area (Å²) in [6.07, 6.45) is 0. The van der Waals surface area contributed by atoms with Gasteiger partial charge in [-0.3, -0.25) is 4.79 Å². The van der Waals surface area contributed by atoms with Crippen LogP contribution in [0.3, 0.4) is 0 Å². The van der Waals surface area contributed by atoms with Gasteiger partial charge in [-0.2, -0.15) is 0 Å². The summed E-state index contributed by atoms with van der Waals surface area (Å²) in [5, 5.41) is 10.9. The number of amides is 1. The molecule has 1 aromatic carbocycles. The zero-order chi connectivity index (χ0) is 18.7. The third-order valence-corrected chi connectivity index (χ3v) is 4.24. The Morgan fingerprint density at radius 2 is 2.08 bits per heavy atom. The van der Waals surface area contributed by atoms with Crippen LogP contribution in [-0.4, -0.2) is 22.6 Å². The Labute approximate surface area is 153 Å². The number of carbonyl (C=O) groups excluding carboxylic acids is 1. The number of carbonyl (C=O) groups is 1. The Hall–Kier alpha value is -2.73. The number of nitrogens with one attached hydrogen (secondary N) is 2. The van der Waals surface area contributed by atoms with Crippen molar-refractivity contribution in [3.05, 3.63) is 52.8 Å². The molecule has 1 amide bonds. The molecule has 0 bridgehead atoms. The second-order valence-electron chi connectivity index (χ2n) is 6.63. The van der Waals surface area contributed by atoms with Crippen LogP contribution in [0.4, 0.5) is 5.69 Å². The zero-order valence-corrected chi connectivity index (χ0v) is 15.6. The van der Waals surface area contributed by atoms with Crippen LogP contribution in [-0.2, 0) is 6.54 Å². The second-order valence-corrected chi connectivity index (χ2v) is 6.63. The van der Waals surface area contributed by atoms with Gasteiger partial charge in [-0.1, -0.05) is 38.1 Å². The average Bonchev–Trinajstić information content (AvgIpc) is 3.00. The number of benzene rings is 1. The van der Waals surface area contributed by atoms with Crippen LogP contribution in [0.15, 0.2) is 34.9 Å². The van der Waals surface area contributed by atoms with Gasteiger partial charge in [0.25, 0.3) is 11.6 Å². The fraction of sp³-hybridized carbons (Fsp3) is 0.350. The van der Waals surface area contributed by atoms with E-state index in [1.165, 1.54) is 0 Å². The van der Waals surface area contributed by atoms with Crippen LogP contribution < -0.4 is 10.6 Å². The maximum absolute atomic E-state index is 13.0. The van der Waals surface area contributed by atoms with Gasteiger partial charge in [-0.15, -0.1) is 0 Å². The number of aryl methyl sites for hydroxylation is 1. The van der Waals surface area contributed by atoms with Gasteiger partial charge in [0.15, 0.2) is 0 Å². The highest BCUT2D eigenvalue weighted by Gasteiger charge is 2.20. The van der Waals surface area contributed by atoms with Gasteiger partial charge in [0, 0.05) is 17.9 Å². The number of rotatable bonds is 6. The first-order valence-electron chi connectivity index (χ1n) is 8.87. The van der Waals surface area contributed by atoms with Gasteiger partial charge in [-0.05, 0) is 43.1 Å². The van der Waals surface area contributed by atoms with E-state index in [0.29, 0.717) is 22.4 Å². The van der Waals surface area contributed by atoms with Crippen molar-refractivity contribution in [2.75, 3.05) is 11.9 Å². The lowest BCUT2D eigenvalue weighted by Gasteiger charge is -2.11. The van der Waals surface area contributed by atoms with E-state index in [1.807, 2.05) is 51.1 Å². The van der Waals surface area contributed by atoms with Crippen molar-refractivity contribution in [3.8, 4) is 0 Å². The van der Waals surface area contributed by atoms with Crippen LogP contribution >= 0.6 is 0 Å². The summed E-state index contributed by atoms with van der Waals surface area (Å²) in [4.78, 5) is 17.4. The first-order chi connectivity index (χ1) is 12.5. The molecule has 26 heavy (non-hydrogen) atoms. The number of pyridine rings is 1. The van der Waals surface area contributed by atoms with Gasteiger partial charge < -0.3 is 15.2 Å². The normalized spacial score (nSPS) is 11.3. The van der Waals surface area contributed by atoms with E-state index in [4.69, 9.17) is 4.52 Å². The third-order valence-electron chi connectivity index (χ3n) is 4.24. The van der Waals surface area contributed by atoms with Crippen molar-refractivity contribution in [1.82, 2.24) is 15.5 Å². The quantitative estimate of drug-likeness (QED) is 0.700. The molecule has 0 unspecified atom stereocenters. The van der Waals surface area contributed by atoms with Crippen LogP contribution in [0.25, 0.3) is 11.1 Å². The maximum atomic E-state index is 13.0. The van der Waals surface area contributed by atoms with Crippen LogP contribution in [0, 0.1) is 6.92 Å². The van der Waals surface area contributed by atoms with E-state index >= 15 is 0 Å². The second kappa shape index (κ2) is 7.66. The zero-order valence-electron chi connectivity index (χ0n) is 15.6. The molecule has 0 spiro atoms. The van der Waals surface area contributed by atoms with Crippen LogP contribution in [0.1, 0.15) is 54.0 Å². The molecule has 6 heteroatoms. The van der Waals surface area contributed by atoms with E-state index in [1.54, 1.807) is 0 Å². The highest BCUT2D eigenvalue weighted by molar-refractivity contribution is 6.12. The molecule has 3 rings (SSSR count). The van der Waals surface area contributed by atoms with Crippen molar-refractivity contribution in [2.24, 2.45) is 0 Å². The molecule has 0 aliphatic heterocycles. The summed E-state index contributed by atoms with van der Waals surface area (Å²) in [5.41, 5.74) is 4.28. The number of fused-ring (bicyclic) bond motifs is 1. The number of hydrogen-bond acceptors (Lipinski definition) is 5. The molecule has 0 saturated carbocycles. The lowest BCUT2D eigenvalue weighted by molar-refractivity contribution is 0.102. The van der Waals surface area contributed by atoms with Gasteiger partial charge in [0.2, 0.25) is 0 Å². The third kappa shape index (κ3) is 3.75. The SMILES string of the molecule is CCNCc1cccc(NC(=O)c2cc(C(C)C)nc3onc(C)c23)c1. The molecular formula is C20H24N4O2. The molecule has 0 fully saturated rings. The summed E-state index contributed by atoms with van der Waals surface area (Å²) in [6, 6.07) is 9.66. The smallest absolute Gasteiger partial charge is 0.259 e. The van der Waals surface area contributed by atoms with Gasteiger partial charge in [0.05, 0.1) is 16.6 Å². The van der Waals surface area contributed by atoms with Crippen molar-refractivity contribution in [1.29, 1.82) is 0 Å². The highest BCUT2D eigenvalue weighted by atomic mass is 16.5. The minimum Gasteiger partial charge on any atom is -0.336 e. The molecule has 0 atom stereocenters. The number of hydrogen-bond donors (Lipinski definition) is 2. The predicted molar refractivity (Wildman–Crippen MR) is 102 cm³/mol. The van der Waals surface area contributed by atoms with Crippen molar-refractivity contribution in [3.63, 3.8) is 0 Å². The minimum atomic E-state index is -0.189.